The SMILES string of the molecule is CC(C)[C@H](N)C(=O)N[C@@H](CC(C(=O)O)C(C)(C)C)C(=O)N[C@@H](CC(C(=O)O)C(C)(C)C)C(=O)N[C@@H](C)C(=O)N[C@@H](CC(C(=O)O)C(C)(C)C)C(=O)N[C@@H](CC(N)=O)C(=O)OC(C)(C)C. The van der Waals surface area contributed by atoms with E-state index in [-0.39, 0.29) is 0 Å². The second kappa shape index (κ2) is 23.5. The minimum Gasteiger partial charge on any atom is -0.481 e. The van der Waals surface area contributed by atoms with Crippen molar-refractivity contribution in [3.05, 3.63) is 0 Å². The van der Waals surface area contributed by atoms with E-state index in [2.05, 4.69) is 26.6 Å². The van der Waals surface area contributed by atoms with Crippen LogP contribution in [-0.4, -0.2) is 116 Å². The molecule has 366 valence electrons. The van der Waals surface area contributed by atoms with E-state index < -0.39 is 167 Å². The molecule has 21 heteroatoms. The van der Waals surface area contributed by atoms with Crippen LogP contribution in [0.5, 0.6) is 0 Å². The summed E-state index contributed by atoms with van der Waals surface area (Å²) in [5, 5.41) is 42.4. The van der Waals surface area contributed by atoms with E-state index in [0.29, 0.717) is 0 Å². The Morgan fingerprint density at radius 2 is 0.781 bits per heavy atom. The van der Waals surface area contributed by atoms with E-state index in [0.717, 1.165) is 0 Å². The Morgan fingerprint density at radius 3 is 1.06 bits per heavy atom. The monoisotopic (exact) mass is 914 g/mol. The fourth-order valence-corrected chi connectivity index (χ4v) is 6.43. The molecule has 0 aromatic heterocycles. The number of rotatable bonds is 23. The van der Waals surface area contributed by atoms with Gasteiger partial charge in [-0.25, -0.2) is 4.79 Å². The number of hydrogen-bond acceptors (Lipinski definition) is 12. The van der Waals surface area contributed by atoms with Gasteiger partial charge in [-0.1, -0.05) is 76.2 Å². The van der Waals surface area contributed by atoms with Crippen LogP contribution in [0.3, 0.4) is 0 Å². The number of ether oxygens (including phenoxy) is 1. The van der Waals surface area contributed by atoms with Gasteiger partial charge < -0.3 is 58.1 Å². The molecular weight excluding hydrogens is 839 g/mol. The Labute approximate surface area is 376 Å². The Kier molecular flexibility index (Phi) is 21.6. The molecule has 0 radical (unpaired) electrons. The van der Waals surface area contributed by atoms with Crippen molar-refractivity contribution in [2.75, 3.05) is 0 Å². The number of primary amides is 1. The van der Waals surface area contributed by atoms with E-state index in [4.69, 9.17) is 16.2 Å². The third-order valence-electron chi connectivity index (χ3n) is 10.5. The fourth-order valence-electron chi connectivity index (χ4n) is 6.43. The summed E-state index contributed by atoms with van der Waals surface area (Å²) in [5.74, 6) is -15.3. The number of aliphatic carboxylic acids is 3. The van der Waals surface area contributed by atoms with Crippen LogP contribution < -0.4 is 38.1 Å². The maximum absolute atomic E-state index is 14.1. The number of nitrogens with two attached hydrogens (primary N) is 2. The van der Waals surface area contributed by atoms with E-state index in [1.54, 1.807) is 76.2 Å². The number of carbonyl (C=O) groups excluding carboxylic acids is 7. The molecule has 0 aliphatic rings. The van der Waals surface area contributed by atoms with Crippen LogP contribution in [-0.2, 0) is 52.7 Å². The van der Waals surface area contributed by atoms with Gasteiger partial charge in [-0.3, -0.25) is 43.2 Å². The summed E-state index contributed by atoms with van der Waals surface area (Å²) in [7, 11) is 0. The van der Waals surface area contributed by atoms with Gasteiger partial charge in [0.15, 0.2) is 0 Å². The van der Waals surface area contributed by atoms with Crippen LogP contribution in [0.2, 0.25) is 0 Å². The zero-order chi connectivity index (χ0) is 50.6. The highest BCUT2D eigenvalue weighted by atomic mass is 16.6. The van der Waals surface area contributed by atoms with Gasteiger partial charge in [0, 0.05) is 0 Å². The van der Waals surface area contributed by atoms with Crippen molar-refractivity contribution in [3.8, 4) is 0 Å². The molecular formula is C43H75N7O14. The number of amides is 6. The molecule has 3 unspecified atom stereocenters. The highest BCUT2D eigenvalue weighted by molar-refractivity contribution is 5.97. The summed E-state index contributed by atoms with van der Waals surface area (Å²) in [6, 6.07) is -9.34. The summed E-state index contributed by atoms with van der Waals surface area (Å²) < 4.78 is 5.32. The summed E-state index contributed by atoms with van der Waals surface area (Å²) >= 11 is 0. The Morgan fingerprint density at radius 1 is 0.484 bits per heavy atom. The third-order valence-corrected chi connectivity index (χ3v) is 10.5. The second-order valence-corrected chi connectivity index (χ2v) is 20.9. The summed E-state index contributed by atoms with van der Waals surface area (Å²) in [6.45, 7) is 23.4. The van der Waals surface area contributed by atoms with Gasteiger partial charge in [-0.15, -0.1) is 0 Å². The van der Waals surface area contributed by atoms with Crippen molar-refractivity contribution in [2.45, 2.75) is 171 Å². The molecule has 0 saturated heterocycles. The molecule has 0 bridgehead atoms. The molecule has 0 aromatic rings. The molecule has 12 N–H and O–H groups in total. The topological polar surface area (TPSA) is 353 Å². The molecule has 0 spiro atoms. The summed E-state index contributed by atoms with van der Waals surface area (Å²) in [4.78, 5) is 131. The van der Waals surface area contributed by atoms with Crippen LogP contribution in [0, 0.1) is 39.9 Å². The molecule has 0 aliphatic carbocycles. The van der Waals surface area contributed by atoms with Gasteiger partial charge in [0.25, 0.3) is 0 Å². The molecule has 0 heterocycles. The molecule has 9 atom stereocenters. The van der Waals surface area contributed by atoms with Crippen molar-refractivity contribution in [1.82, 2.24) is 26.6 Å². The standard InChI is InChI=1S/C43H75N7O14/c1-20(2)30(45)35(56)49-27(18-24(38(61)62)42(10,11)12)33(54)48-25(16-22(36(57)58)40(4,5)6)32(53)46-21(3)31(52)47-26(17-23(37(59)60)41(7,8)9)34(55)50-28(19-29(44)51)39(63)64-43(13,14)15/h20-28,30H,16-19,45H2,1-15H3,(H2,44,51)(H,46,53)(H,47,52)(H,48,54)(H,49,56)(H,50,55)(H,57,58)(H,59,60)(H,61,62)/t21-,22?,23?,24?,25-,26-,27-,28-,30-/m0/s1. The molecule has 0 aliphatic heterocycles. The number of nitrogens with one attached hydrogen (secondary N) is 5. The van der Waals surface area contributed by atoms with Crippen molar-refractivity contribution in [3.63, 3.8) is 0 Å². The lowest BCUT2D eigenvalue weighted by molar-refractivity contribution is -0.160. The fraction of sp³-hybridized carbons (Fsp3) is 0.767. The number of carbonyl (C=O) groups is 10. The Bertz CT molecular complexity index is 1720. The van der Waals surface area contributed by atoms with Crippen molar-refractivity contribution < 1.29 is 68.0 Å². The molecule has 0 aromatic carbocycles. The van der Waals surface area contributed by atoms with Gasteiger partial charge >= 0.3 is 23.9 Å². The molecule has 0 saturated carbocycles. The minimum atomic E-state index is -1.72. The predicted octanol–water partition coefficient (Wildman–Crippen LogP) is 1.04. The van der Waals surface area contributed by atoms with E-state index in [9.17, 15) is 63.3 Å². The zero-order valence-corrected chi connectivity index (χ0v) is 40.1. The van der Waals surface area contributed by atoms with Gasteiger partial charge in [-0.05, 0) is 69.1 Å². The number of carboxylic acid groups (broad SMARTS) is 3. The number of hydrogen-bond donors (Lipinski definition) is 10. The zero-order valence-electron chi connectivity index (χ0n) is 40.1. The van der Waals surface area contributed by atoms with Crippen molar-refractivity contribution in [1.29, 1.82) is 0 Å². The first-order valence-corrected chi connectivity index (χ1v) is 21.2. The smallest absolute Gasteiger partial charge is 0.329 e. The largest absolute Gasteiger partial charge is 0.481 e. The third kappa shape index (κ3) is 20.0. The second-order valence-electron chi connectivity index (χ2n) is 20.9. The number of esters is 1. The molecule has 21 nitrogen and oxygen atoms in total. The molecule has 0 rings (SSSR count). The Balaban J connectivity index is 7.13. The van der Waals surface area contributed by atoms with Crippen molar-refractivity contribution in [2.24, 2.45) is 51.4 Å². The first kappa shape index (κ1) is 58.7. The van der Waals surface area contributed by atoms with E-state index >= 15 is 0 Å². The normalized spacial score (nSPS) is 16.5. The highest BCUT2D eigenvalue weighted by Crippen LogP contribution is 2.33. The van der Waals surface area contributed by atoms with Gasteiger partial charge in [0.2, 0.25) is 35.4 Å². The first-order valence-electron chi connectivity index (χ1n) is 21.2. The van der Waals surface area contributed by atoms with Gasteiger partial charge in [0.05, 0.1) is 30.2 Å². The first-order chi connectivity index (χ1) is 28.7. The molecule has 64 heavy (non-hydrogen) atoms. The van der Waals surface area contributed by atoms with Gasteiger partial charge in [0.1, 0.15) is 35.8 Å². The lowest BCUT2D eigenvalue weighted by Crippen LogP contribution is -2.60. The average molecular weight is 914 g/mol. The Hall–Kier alpha value is -5.34. The average Bonchev–Trinajstić information content (AvgIpc) is 3.08. The van der Waals surface area contributed by atoms with Crippen LogP contribution in [0.4, 0.5) is 0 Å². The summed E-state index contributed by atoms with van der Waals surface area (Å²) in [6.07, 6.45) is -2.27. The minimum absolute atomic E-state index is 0.397. The number of carboxylic acids is 3. The summed E-state index contributed by atoms with van der Waals surface area (Å²) in [5.41, 5.74) is 7.39. The molecule has 6 amide bonds. The quantitative estimate of drug-likeness (QED) is 0.0641. The predicted molar refractivity (Wildman–Crippen MR) is 233 cm³/mol. The van der Waals surface area contributed by atoms with E-state index in [1.165, 1.54) is 27.7 Å². The van der Waals surface area contributed by atoms with Gasteiger partial charge in [-0.2, -0.15) is 0 Å². The maximum atomic E-state index is 14.1. The van der Waals surface area contributed by atoms with Crippen LogP contribution in [0.25, 0.3) is 0 Å². The van der Waals surface area contributed by atoms with Crippen LogP contribution in [0.15, 0.2) is 0 Å². The maximum Gasteiger partial charge on any atom is 0.329 e. The lowest BCUT2D eigenvalue weighted by atomic mass is 9.76. The molecule has 0 fully saturated rings. The van der Waals surface area contributed by atoms with Crippen LogP contribution >= 0.6 is 0 Å². The van der Waals surface area contributed by atoms with Crippen LogP contribution in [0.1, 0.15) is 130 Å². The lowest BCUT2D eigenvalue weighted by Gasteiger charge is -2.33. The highest BCUT2D eigenvalue weighted by Gasteiger charge is 2.42. The van der Waals surface area contributed by atoms with E-state index in [1.807, 2.05) is 0 Å². The van der Waals surface area contributed by atoms with Crippen molar-refractivity contribution >= 4 is 59.3 Å².